The largest absolute Gasteiger partial charge is 0.619 e. The first-order valence-electron chi connectivity index (χ1n) is 14.0. The second-order valence-corrected chi connectivity index (χ2v) is 12.2. The molecule has 0 N–H and O–H groups in total. The van der Waals surface area contributed by atoms with Crippen LogP contribution in [0.4, 0.5) is 8.78 Å². The van der Waals surface area contributed by atoms with Crippen LogP contribution < -0.4 is 14.2 Å². The van der Waals surface area contributed by atoms with Gasteiger partial charge in [0.25, 0.3) is 0 Å². The van der Waals surface area contributed by atoms with Gasteiger partial charge >= 0.3 is 18.6 Å². The number of hydrogen-bond donors (Lipinski definition) is 1. The number of carbonyl (C=O) groups excluding carboxylic acids is 2. The van der Waals surface area contributed by atoms with Gasteiger partial charge in [0.05, 0.1) is 19.3 Å². The van der Waals surface area contributed by atoms with Crippen LogP contribution in [0.15, 0.2) is 54.9 Å². The van der Waals surface area contributed by atoms with Crippen molar-refractivity contribution >= 4 is 46.0 Å². The van der Waals surface area contributed by atoms with Gasteiger partial charge in [-0.2, -0.15) is 17.8 Å². The average molecular weight is 704 g/mol. The van der Waals surface area contributed by atoms with Gasteiger partial charge in [-0.25, -0.2) is 13.2 Å². The van der Waals surface area contributed by atoms with Gasteiger partial charge in [-0.3, -0.25) is 4.79 Å². The van der Waals surface area contributed by atoms with E-state index in [1.165, 1.54) is 37.4 Å². The zero-order valence-electron chi connectivity index (χ0n) is 24.4. The lowest BCUT2D eigenvalue weighted by molar-refractivity contribution is -0.605. The summed E-state index contributed by atoms with van der Waals surface area (Å²) in [4.78, 5) is 24.8. The summed E-state index contributed by atoms with van der Waals surface area (Å²) in [6.07, 6.45) is 2.90. The Balaban J connectivity index is 1.55. The van der Waals surface area contributed by atoms with Gasteiger partial charge in [-0.1, -0.05) is 41.4 Å². The molecule has 1 saturated carbocycles. The van der Waals surface area contributed by atoms with E-state index in [2.05, 4.69) is 9.47 Å². The number of methoxy groups -OCH3 is 1. The number of rotatable bonds is 16. The lowest BCUT2D eigenvalue weighted by Gasteiger charge is -2.22. The van der Waals surface area contributed by atoms with Crippen LogP contribution in [0.1, 0.15) is 46.0 Å². The van der Waals surface area contributed by atoms with Crippen LogP contribution in [-0.4, -0.2) is 58.1 Å². The van der Waals surface area contributed by atoms with Gasteiger partial charge in [-0.05, 0) is 60.6 Å². The van der Waals surface area contributed by atoms with Gasteiger partial charge < -0.3 is 24.2 Å². The molecule has 1 heterocycles. The van der Waals surface area contributed by atoms with Gasteiger partial charge in [0, 0.05) is 18.5 Å². The normalized spacial score (nSPS) is 13.6. The number of nitrogens with zero attached hydrogens (tertiary/aromatic N) is 2. The predicted molar refractivity (Wildman–Crippen MR) is 163 cm³/mol. The Kier molecular flexibility index (Phi) is 12.4. The molecule has 1 aliphatic rings. The highest BCUT2D eigenvalue weighted by molar-refractivity contribution is 7.69. The number of hydrogen-bond acceptors (Lipinski definition) is 9. The molecule has 1 fully saturated rings. The van der Waals surface area contributed by atoms with Crippen LogP contribution in [0, 0.1) is 11.1 Å². The van der Waals surface area contributed by atoms with E-state index in [1.807, 2.05) is 0 Å². The first-order valence-corrected chi connectivity index (χ1v) is 15.9. The number of alkyl halides is 2. The lowest BCUT2D eigenvalue weighted by atomic mass is 10.0. The molecule has 0 radical (unpaired) electrons. The molecule has 3 aromatic rings. The fourth-order valence-corrected chi connectivity index (χ4v) is 5.50. The fraction of sp³-hybridized carbons (Fsp3) is 0.367. The number of ether oxygens (including phenoxy) is 4. The molecule has 0 unspecified atom stereocenters. The minimum atomic E-state index is -3.21. The Morgan fingerprint density at radius 2 is 1.74 bits per heavy atom. The first kappa shape index (κ1) is 35.1. The molecule has 0 bridgehead atoms. The molecule has 4 rings (SSSR count). The van der Waals surface area contributed by atoms with E-state index in [9.17, 15) is 32.0 Å². The fourth-order valence-electron chi connectivity index (χ4n) is 4.41. The van der Waals surface area contributed by atoms with Crippen LogP contribution in [0.3, 0.4) is 0 Å². The van der Waals surface area contributed by atoms with E-state index in [4.69, 9.17) is 32.7 Å². The molecular weight excluding hydrogens is 673 g/mol. The number of halogens is 4. The average Bonchev–Trinajstić information content (AvgIpc) is 3.84. The second kappa shape index (κ2) is 16.2. The topological polar surface area (TPSA) is 135 Å². The zero-order chi connectivity index (χ0) is 33.4. The number of esters is 2. The molecule has 11 nitrogen and oxygen atoms in total. The summed E-state index contributed by atoms with van der Waals surface area (Å²) in [7, 11) is -1.95. The molecule has 0 amide bonds. The Hall–Kier alpha value is -3.72. The van der Waals surface area contributed by atoms with Gasteiger partial charge in [-0.15, -0.1) is 0 Å². The van der Waals surface area contributed by atoms with Gasteiger partial charge in [0.15, 0.2) is 23.9 Å². The standard InChI is InChI=1S/C30H30Cl2F2N2O9S/c1-42-29(38)20-6-4-18(5-7-20)10-11-36(46(40)41)16-28(37)44-26(13-22-23(31)14-35(39)15-24(22)32)21-8-9-25(45-30(33)34)27(12-21)43-17-19-2-3-19/h4-9,12,14-15,19,26,30,46H,2-3,10-11,13,16-17H2,1H3/t26-/m0/s1. The first-order chi connectivity index (χ1) is 21.9. The third-order valence-electron chi connectivity index (χ3n) is 7.02. The van der Waals surface area contributed by atoms with Crippen molar-refractivity contribution in [1.29, 1.82) is 0 Å². The maximum Gasteiger partial charge on any atom is 0.387 e. The van der Waals surface area contributed by atoms with Gasteiger partial charge in [0.1, 0.15) is 22.7 Å². The van der Waals surface area contributed by atoms with E-state index in [-0.39, 0.29) is 64.6 Å². The van der Waals surface area contributed by atoms with E-state index in [0.29, 0.717) is 15.9 Å². The van der Waals surface area contributed by atoms with Crippen molar-refractivity contribution in [2.75, 3.05) is 26.8 Å². The number of pyridine rings is 1. The lowest BCUT2D eigenvalue weighted by Crippen LogP contribution is -2.32. The van der Waals surface area contributed by atoms with E-state index in [0.717, 1.165) is 29.5 Å². The summed E-state index contributed by atoms with van der Waals surface area (Å²) in [5.41, 5.74) is 1.57. The third kappa shape index (κ3) is 10.1. The number of aromatic nitrogens is 1. The monoisotopic (exact) mass is 702 g/mol. The molecule has 46 heavy (non-hydrogen) atoms. The van der Waals surface area contributed by atoms with E-state index < -0.39 is 42.1 Å². The highest BCUT2D eigenvalue weighted by atomic mass is 35.5. The van der Waals surface area contributed by atoms with E-state index >= 15 is 0 Å². The molecular formula is C30H30Cl2F2N2O9S. The van der Waals surface area contributed by atoms with Gasteiger partial charge in [0.2, 0.25) is 10.9 Å². The molecule has 0 spiro atoms. The highest BCUT2D eigenvalue weighted by Crippen LogP contribution is 2.37. The molecule has 1 aliphatic carbocycles. The summed E-state index contributed by atoms with van der Waals surface area (Å²) in [5.74, 6) is -1.39. The minimum absolute atomic E-state index is 0.00381. The van der Waals surface area contributed by atoms with E-state index in [1.54, 1.807) is 12.1 Å². The van der Waals surface area contributed by atoms with Crippen LogP contribution in [0.25, 0.3) is 0 Å². The summed E-state index contributed by atoms with van der Waals surface area (Å²) in [6, 6.07) is 10.4. The number of carbonyl (C=O) groups is 2. The second-order valence-electron chi connectivity index (χ2n) is 10.4. The summed E-state index contributed by atoms with van der Waals surface area (Å²) in [5, 5.41) is 11.8. The zero-order valence-corrected chi connectivity index (χ0v) is 26.8. The molecule has 1 aromatic heterocycles. The Morgan fingerprint density at radius 3 is 2.33 bits per heavy atom. The molecule has 0 saturated heterocycles. The van der Waals surface area contributed by atoms with Crippen molar-refractivity contribution < 1.29 is 50.5 Å². The van der Waals surface area contributed by atoms with Crippen LogP contribution in [-0.2, 0) is 38.0 Å². The summed E-state index contributed by atoms with van der Waals surface area (Å²) in [6.45, 7) is -3.57. The highest BCUT2D eigenvalue weighted by Gasteiger charge is 2.27. The molecule has 16 heteroatoms. The summed E-state index contributed by atoms with van der Waals surface area (Å²) >= 11 is 12.6. The maximum absolute atomic E-state index is 13.2. The van der Waals surface area contributed by atoms with Crippen molar-refractivity contribution in [3.63, 3.8) is 0 Å². The van der Waals surface area contributed by atoms with Crippen LogP contribution in [0.2, 0.25) is 10.0 Å². The van der Waals surface area contributed by atoms with Crippen molar-refractivity contribution in [1.82, 2.24) is 4.31 Å². The molecule has 248 valence electrons. The molecule has 0 aliphatic heterocycles. The summed E-state index contributed by atoms with van der Waals surface area (Å²) < 4.78 is 72.4. The van der Waals surface area contributed by atoms with Crippen molar-refractivity contribution in [2.24, 2.45) is 5.92 Å². The maximum atomic E-state index is 13.2. The van der Waals surface area contributed by atoms with Crippen LogP contribution in [0.5, 0.6) is 11.5 Å². The van der Waals surface area contributed by atoms with Crippen LogP contribution >= 0.6 is 23.2 Å². The number of benzene rings is 2. The molecule has 2 aromatic carbocycles. The Morgan fingerprint density at radius 1 is 1.07 bits per heavy atom. The Labute approximate surface area is 275 Å². The SMILES string of the molecule is COC(=O)c1ccc(CCN(CC(=O)O[C@@H](Cc2c(Cl)c[n+]([O-])cc2Cl)c2ccc(OC(F)F)c(OCC3CC3)c2)[SH](=O)=O)cc1. The van der Waals surface area contributed by atoms with Crippen molar-refractivity contribution in [3.05, 3.63) is 92.4 Å². The molecule has 1 atom stereocenters. The quantitative estimate of drug-likeness (QED) is 0.0975. The Bertz CT molecular complexity index is 1590. The minimum Gasteiger partial charge on any atom is -0.619 e. The smallest absolute Gasteiger partial charge is 0.387 e. The predicted octanol–water partition coefficient (Wildman–Crippen LogP) is 4.70. The number of thiol groups is 1. The van der Waals surface area contributed by atoms with Crippen molar-refractivity contribution in [2.45, 2.75) is 38.4 Å². The third-order valence-corrected chi connectivity index (χ3v) is 8.48. The van der Waals surface area contributed by atoms with Crippen molar-refractivity contribution in [3.8, 4) is 11.5 Å².